The molecular formula is C14H21NO. The molecule has 0 saturated heterocycles. The molecule has 0 aliphatic carbocycles. The van der Waals surface area contributed by atoms with Gasteiger partial charge < -0.3 is 10.0 Å². The van der Waals surface area contributed by atoms with Crippen molar-refractivity contribution >= 4 is 5.69 Å². The topological polar surface area (TPSA) is 23.5 Å². The fourth-order valence-electron chi connectivity index (χ4n) is 2.76. The Balaban J connectivity index is 2.63. The zero-order valence-corrected chi connectivity index (χ0v) is 10.8. The number of rotatable bonds is 0. The van der Waals surface area contributed by atoms with Gasteiger partial charge in [0.2, 0.25) is 0 Å². The average molecular weight is 219 g/mol. The van der Waals surface area contributed by atoms with Crippen LogP contribution in [0.5, 0.6) is 0 Å². The lowest BCUT2D eigenvalue weighted by molar-refractivity contribution is 0.0213. The molecule has 1 N–H and O–H groups in total. The van der Waals surface area contributed by atoms with Gasteiger partial charge in [-0.2, -0.15) is 0 Å². The predicted octanol–water partition coefficient (Wildman–Crippen LogP) is 2.82. The van der Waals surface area contributed by atoms with E-state index in [1.165, 1.54) is 5.56 Å². The molecule has 0 saturated carbocycles. The first-order valence-electron chi connectivity index (χ1n) is 5.81. The molecule has 0 bridgehead atoms. The molecule has 1 aliphatic heterocycles. The Bertz CT molecular complexity index is 421. The Morgan fingerprint density at radius 3 is 2.50 bits per heavy atom. The lowest BCUT2D eigenvalue weighted by Crippen LogP contribution is -2.51. The third-order valence-corrected chi connectivity index (χ3v) is 3.78. The summed E-state index contributed by atoms with van der Waals surface area (Å²) in [6.45, 7) is 8.32. The highest BCUT2D eigenvalue weighted by Crippen LogP contribution is 2.44. The first-order valence-corrected chi connectivity index (χ1v) is 5.81. The molecule has 0 spiro atoms. The molecule has 2 nitrogen and oxygen atoms in total. The minimum atomic E-state index is -0.725. The van der Waals surface area contributed by atoms with Gasteiger partial charge in [0.15, 0.2) is 0 Å². The number of hydrogen-bond acceptors (Lipinski definition) is 2. The van der Waals surface area contributed by atoms with Gasteiger partial charge in [0.05, 0.1) is 5.60 Å². The monoisotopic (exact) mass is 219 g/mol. The van der Waals surface area contributed by atoms with Crippen LogP contribution in [0.2, 0.25) is 0 Å². The number of benzene rings is 1. The Kier molecular flexibility index (Phi) is 2.32. The van der Waals surface area contributed by atoms with Crippen LogP contribution >= 0.6 is 0 Å². The molecule has 2 heteroatoms. The summed E-state index contributed by atoms with van der Waals surface area (Å²) in [5.41, 5.74) is 2.66. The standard InChI is InChI=1S/C14H21NO/c1-10-6-7-12-11(8-10)14(4,16)9-13(2,3)15(12)5/h6-8,16H,9H2,1-5H3. The van der Waals surface area contributed by atoms with Gasteiger partial charge in [-0.05, 0) is 33.8 Å². The van der Waals surface area contributed by atoms with Crippen LogP contribution in [0.15, 0.2) is 18.2 Å². The van der Waals surface area contributed by atoms with E-state index in [0.29, 0.717) is 0 Å². The van der Waals surface area contributed by atoms with Crippen molar-refractivity contribution in [3.8, 4) is 0 Å². The van der Waals surface area contributed by atoms with Crippen molar-refractivity contribution in [3.05, 3.63) is 29.3 Å². The molecule has 1 atom stereocenters. The molecule has 0 amide bonds. The van der Waals surface area contributed by atoms with E-state index in [1.54, 1.807) is 0 Å². The SMILES string of the molecule is Cc1ccc2c(c1)C(C)(O)CC(C)(C)N2C. The zero-order chi connectivity index (χ0) is 12.1. The van der Waals surface area contributed by atoms with Crippen molar-refractivity contribution in [2.45, 2.75) is 45.3 Å². The average Bonchev–Trinajstić information content (AvgIpc) is 2.13. The fraction of sp³-hybridized carbons (Fsp3) is 0.571. The number of aliphatic hydroxyl groups is 1. The van der Waals surface area contributed by atoms with Gasteiger partial charge in [-0.25, -0.2) is 0 Å². The molecule has 0 fully saturated rings. The third-order valence-electron chi connectivity index (χ3n) is 3.78. The minimum absolute atomic E-state index is 0.00818. The molecule has 1 heterocycles. The molecule has 2 rings (SSSR count). The molecule has 1 aromatic carbocycles. The maximum absolute atomic E-state index is 10.6. The van der Waals surface area contributed by atoms with Crippen LogP contribution in [0.25, 0.3) is 0 Å². The lowest BCUT2D eigenvalue weighted by atomic mass is 9.77. The van der Waals surface area contributed by atoms with Gasteiger partial charge in [0.1, 0.15) is 0 Å². The van der Waals surface area contributed by atoms with E-state index >= 15 is 0 Å². The smallest absolute Gasteiger partial charge is 0.0910 e. The third kappa shape index (κ3) is 1.61. The molecule has 16 heavy (non-hydrogen) atoms. The first kappa shape index (κ1) is 11.5. The highest BCUT2D eigenvalue weighted by molar-refractivity contribution is 5.60. The van der Waals surface area contributed by atoms with E-state index in [9.17, 15) is 5.11 Å². The van der Waals surface area contributed by atoms with Crippen LogP contribution in [-0.4, -0.2) is 17.7 Å². The summed E-state index contributed by atoms with van der Waals surface area (Å²) in [6, 6.07) is 6.31. The highest BCUT2D eigenvalue weighted by Gasteiger charge is 2.41. The summed E-state index contributed by atoms with van der Waals surface area (Å²) in [5, 5.41) is 10.6. The number of fused-ring (bicyclic) bond motifs is 1. The fourth-order valence-corrected chi connectivity index (χ4v) is 2.76. The van der Waals surface area contributed by atoms with Gasteiger partial charge in [0.25, 0.3) is 0 Å². The van der Waals surface area contributed by atoms with E-state index in [2.05, 4.69) is 50.9 Å². The normalized spacial score (nSPS) is 27.8. The molecule has 0 radical (unpaired) electrons. The summed E-state index contributed by atoms with van der Waals surface area (Å²) < 4.78 is 0. The van der Waals surface area contributed by atoms with Crippen LogP contribution in [-0.2, 0) is 5.60 Å². The van der Waals surface area contributed by atoms with Gasteiger partial charge in [-0.15, -0.1) is 0 Å². The van der Waals surface area contributed by atoms with Crippen molar-refractivity contribution in [2.24, 2.45) is 0 Å². The van der Waals surface area contributed by atoms with Gasteiger partial charge in [0, 0.05) is 30.3 Å². The van der Waals surface area contributed by atoms with Crippen LogP contribution in [0.3, 0.4) is 0 Å². The van der Waals surface area contributed by atoms with Gasteiger partial charge >= 0.3 is 0 Å². The molecular weight excluding hydrogens is 198 g/mol. The molecule has 1 aromatic rings. The van der Waals surface area contributed by atoms with Gasteiger partial charge in [-0.3, -0.25) is 0 Å². The first-order chi connectivity index (χ1) is 7.24. The number of nitrogens with zero attached hydrogens (tertiary/aromatic N) is 1. The molecule has 1 aliphatic rings. The Morgan fingerprint density at radius 2 is 1.88 bits per heavy atom. The molecule has 88 valence electrons. The van der Waals surface area contributed by atoms with E-state index in [-0.39, 0.29) is 5.54 Å². The second-order valence-electron chi connectivity index (χ2n) is 5.84. The van der Waals surface area contributed by atoms with Crippen molar-refractivity contribution in [2.75, 3.05) is 11.9 Å². The van der Waals surface area contributed by atoms with Crippen LogP contribution in [0.4, 0.5) is 5.69 Å². The summed E-state index contributed by atoms with van der Waals surface area (Å²) in [7, 11) is 2.10. The van der Waals surface area contributed by atoms with E-state index in [1.807, 2.05) is 6.92 Å². The highest BCUT2D eigenvalue weighted by atomic mass is 16.3. The maximum atomic E-state index is 10.6. The van der Waals surface area contributed by atoms with E-state index < -0.39 is 5.60 Å². The van der Waals surface area contributed by atoms with Crippen molar-refractivity contribution < 1.29 is 5.11 Å². The number of anilines is 1. The van der Waals surface area contributed by atoms with E-state index in [4.69, 9.17) is 0 Å². The largest absolute Gasteiger partial charge is 0.385 e. The minimum Gasteiger partial charge on any atom is -0.385 e. The molecule has 0 aromatic heterocycles. The zero-order valence-electron chi connectivity index (χ0n) is 10.8. The maximum Gasteiger partial charge on any atom is 0.0910 e. The number of hydrogen-bond donors (Lipinski definition) is 1. The summed E-state index contributed by atoms with van der Waals surface area (Å²) in [6.07, 6.45) is 0.757. The number of aryl methyl sites for hydroxylation is 1. The van der Waals surface area contributed by atoms with Crippen LogP contribution in [0.1, 0.15) is 38.3 Å². The summed E-state index contributed by atoms with van der Waals surface area (Å²) >= 11 is 0. The van der Waals surface area contributed by atoms with E-state index in [0.717, 1.165) is 17.7 Å². The Hall–Kier alpha value is -1.02. The second-order valence-corrected chi connectivity index (χ2v) is 5.84. The van der Waals surface area contributed by atoms with Crippen LogP contribution in [0, 0.1) is 6.92 Å². The van der Waals surface area contributed by atoms with Crippen molar-refractivity contribution in [1.29, 1.82) is 0 Å². The van der Waals surface area contributed by atoms with Crippen LogP contribution < -0.4 is 4.90 Å². The van der Waals surface area contributed by atoms with Gasteiger partial charge in [-0.1, -0.05) is 17.7 Å². The Labute approximate surface area is 97.9 Å². The Morgan fingerprint density at radius 1 is 1.25 bits per heavy atom. The summed E-state index contributed by atoms with van der Waals surface area (Å²) in [5.74, 6) is 0. The second kappa shape index (κ2) is 3.24. The van der Waals surface area contributed by atoms with Crippen molar-refractivity contribution in [1.82, 2.24) is 0 Å². The van der Waals surface area contributed by atoms with Crippen molar-refractivity contribution in [3.63, 3.8) is 0 Å². The quantitative estimate of drug-likeness (QED) is 0.725. The predicted molar refractivity (Wildman–Crippen MR) is 67.8 cm³/mol. The summed E-state index contributed by atoms with van der Waals surface area (Å²) in [4.78, 5) is 2.26. The lowest BCUT2D eigenvalue weighted by Gasteiger charge is -2.48. The molecule has 1 unspecified atom stereocenters.